The Morgan fingerprint density at radius 2 is 1.72 bits per heavy atom. The van der Waals surface area contributed by atoms with Crippen LogP contribution in [0.4, 0.5) is 0 Å². The van der Waals surface area contributed by atoms with Gasteiger partial charge in [0.05, 0.1) is 0 Å². The monoisotopic (exact) mass is 280 g/mol. The molecule has 0 aromatic heterocycles. The molecule has 0 heterocycles. The van der Waals surface area contributed by atoms with Crippen molar-refractivity contribution in [2.45, 2.75) is 17.6 Å². The van der Waals surface area contributed by atoms with Crippen LogP contribution in [0.2, 0.25) is 0 Å². The van der Waals surface area contributed by atoms with E-state index in [-0.39, 0.29) is 23.3 Å². The van der Waals surface area contributed by atoms with Crippen LogP contribution in [0.25, 0.3) is 0 Å². The van der Waals surface area contributed by atoms with Crippen LogP contribution in [-0.4, -0.2) is 11.4 Å². The summed E-state index contributed by atoms with van der Waals surface area (Å²) in [7, 11) is 0.186. The van der Waals surface area contributed by atoms with Gasteiger partial charge < -0.3 is 17.5 Å². The molecule has 3 heteroatoms. The Bertz CT molecular complexity index is 499. The van der Waals surface area contributed by atoms with Gasteiger partial charge in [0, 0.05) is 16.5 Å². The zero-order chi connectivity index (χ0) is 12.3. The molecule has 18 heavy (non-hydrogen) atoms. The van der Waals surface area contributed by atoms with Gasteiger partial charge >= 0.3 is 0 Å². The van der Waals surface area contributed by atoms with Crippen molar-refractivity contribution in [3.63, 3.8) is 0 Å². The van der Waals surface area contributed by atoms with Gasteiger partial charge in [-0.1, -0.05) is 30.3 Å². The molecule has 0 spiro atoms. The number of aryl methyl sites for hydroxylation is 1. The maximum Gasteiger partial charge on any atom is 0.155 e. The predicted molar refractivity (Wildman–Crippen MR) is 74.5 cm³/mol. The smallest absolute Gasteiger partial charge is 0.155 e. The molecule has 1 atom stereocenters. The van der Waals surface area contributed by atoms with Crippen LogP contribution in [-0.2, 0) is 16.6 Å². The van der Waals surface area contributed by atoms with Crippen LogP contribution >= 0.6 is 0 Å². The average Bonchev–Trinajstić information content (AvgIpc) is 2.34. The van der Waals surface area contributed by atoms with E-state index in [0.717, 1.165) is 11.3 Å². The van der Waals surface area contributed by atoms with E-state index in [2.05, 4.69) is 36.6 Å². The van der Waals surface area contributed by atoms with Gasteiger partial charge in [-0.15, -0.1) is 0 Å². The van der Waals surface area contributed by atoms with Gasteiger partial charge in [-0.05, 0) is 30.7 Å². The lowest BCUT2D eigenvalue weighted by Gasteiger charge is -2.05. The molecule has 0 radical (unpaired) electrons. The summed E-state index contributed by atoms with van der Waals surface area (Å²) < 4.78 is 0. The second-order valence-corrected chi connectivity index (χ2v) is 6.25. The second kappa shape index (κ2) is 6.72. The first kappa shape index (κ1) is 14.9. The van der Waals surface area contributed by atoms with Crippen LogP contribution in [0.3, 0.4) is 0 Å². The Labute approximate surface area is 118 Å². The highest BCUT2D eigenvalue weighted by Crippen LogP contribution is 2.23. The molecule has 0 saturated heterocycles. The molecule has 0 aliphatic rings. The Hall–Kier alpha value is -1.12. The maximum atomic E-state index is 9.52. The van der Waals surface area contributed by atoms with E-state index < -0.39 is 0 Å². The number of hydrogen-bond donors (Lipinski definition) is 1. The van der Waals surface area contributed by atoms with Crippen LogP contribution in [0.5, 0.6) is 5.75 Å². The standard InChI is InChI=1S/C15H16OS.ClH/c1-12-10-14(8-9-15(12)16)17(2)11-13-6-4-3-5-7-13;/h3-10H,11H2,1-2H3;1H. The van der Waals surface area contributed by atoms with Gasteiger partial charge in [-0.25, -0.2) is 0 Å². The van der Waals surface area contributed by atoms with Crippen molar-refractivity contribution in [1.29, 1.82) is 0 Å². The molecule has 1 N–H and O–H groups in total. The Balaban J connectivity index is 0.00000162. The number of phenolic OH excluding ortho intramolecular Hbond substituents is 1. The van der Waals surface area contributed by atoms with E-state index in [0.29, 0.717) is 5.75 Å². The van der Waals surface area contributed by atoms with Gasteiger partial charge in [0.1, 0.15) is 17.8 Å². The molecule has 2 aromatic rings. The summed E-state index contributed by atoms with van der Waals surface area (Å²) in [6.45, 7) is 1.94. The number of aromatic hydroxyl groups is 1. The van der Waals surface area contributed by atoms with Crippen molar-refractivity contribution >= 4 is 10.9 Å². The topological polar surface area (TPSA) is 20.2 Å². The Kier molecular flexibility index (Phi) is 5.57. The summed E-state index contributed by atoms with van der Waals surface area (Å²) in [5.41, 5.74) is 2.32. The normalized spacial score (nSPS) is 11.7. The molecular formula is C15H17ClOS. The quantitative estimate of drug-likeness (QED) is 0.813. The minimum atomic E-state index is 0. The first-order valence-electron chi connectivity index (χ1n) is 5.63. The molecule has 96 valence electrons. The molecule has 0 fully saturated rings. The van der Waals surface area contributed by atoms with E-state index in [4.69, 9.17) is 0 Å². The third-order valence-corrected chi connectivity index (χ3v) is 4.62. The summed E-state index contributed by atoms with van der Waals surface area (Å²) in [4.78, 5) is 1.31. The second-order valence-electron chi connectivity index (χ2n) is 4.22. The van der Waals surface area contributed by atoms with Crippen LogP contribution < -0.4 is 12.4 Å². The SMILES string of the molecule is Cc1cc([S+](C)Cc2ccccc2)ccc1O.[Cl-]. The molecule has 1 nitrogen and oxygen atoms in total. The third kappa shape index (κ3) is 3.69. The number of benzene rings is 2. The molecule has 2 rings (SSSR count). The lowest BCUT2D eigenvalue weighted by Crippen LogP contribution is -3.00. The van der Waals surface area contributed by atoms with E-state index in [9.17, 15) is 5.11 Å². The summed E-state index contributed by atoms with van der Waals surface area (Å²) in [6.07, 6.45) is 2.25. The molecule has 0 aliphatic heterocycles. The van der Waals surface area contributed by atoms with Gasteiger partial charge in [0.25, 0.3) is 0 Å². The van der Waals surface area contributed by atoms with Crippen molar-refractivity contribution in [3.05, 3.63) is 59.7 Å². The highest BCUT2D eigenvalue weighted by atomic mass is 35.5. The van der Waals surface area contributed by atoms with E-state index in [1.54, 1.807) is 6.07 Å². The minimum Gasteiger partial charge on any atom is -1.00 e. The van der Waals surface area contributed by atoms with E-state index in [1.165, 1.54) is 10.5 Å². The minimum absolute atomic E-state index is 0. The molecule has 2 aromatic carbocycles. The van der Waals surface area contributed by atoms with Crippen LogP contribution in [0.1, 0.15) is 11.1 Å². The molecule has 0 amide bonds. The van der Waals surface area contributed by atoms with Crippen molar-refractivity contribution in [3.8, 4) is 5.75 Å². The third-order valence-electron chi connectivity index (χ3n) is 2.80. The van der Waals surface area contributed by atoms with E-state index in [1.807, 2.05) is 19.1 Å². The Morgan fingerprint density at radius 3 is 2.33 bits per heavy atom. The summed E-state index contributed by atoms with van der Waals surface area (Å²) in [6, 6.07) is 16.4. The highest BCUT2D eigenvalue weighted by molar-refractivity contribution is 7.95. The number of phenols is 1. The van der Waals surface area contributed by atoms with Crippen molar-refractivity contribution < 1.29 is 17.5 Å². The molecule has 0 bridgehead atoms. The maximum absolute atomic E-state index is 9.52. The highest BCUT2D eigenvalue weighted by Gasteiger charge is 2.16. The van der Waals surface area contributed by atoms with Gasteiger partial charge in [-0.2, -0.15) is 0 Å². The number of rotatable bonds is 3. The lowest BCUT2D eigenvalue weighted by molar-refractivity contribution is -0.00000457. The zero-order valence-electron chi connectivity index (χ0n) is 10.6. The molecule has 0 saturated carbocycles. The zero-order valence-corrected chi connectivity index (χ0v) is 12.1. The fourth-order valence-electron chi connectivity index (χ4n) is 1.75. The van der Waals surface area contributed by atoms with Crippen molar-refractivity contribution in [1.82, 2.24) is 0 Å². The molecular weight excluding hydrogens is 264 g/mol. The van der Waals surface area contributed by atoms with Gasteiger partial charge in [0.2, 0.25) is 0 Å². The number of halogens is 1. The molecule has 1 unspecified atom stereocenters. The summed E-state index contributed by atoms with van der Waals surface area (Å²) in [5.74, 6) is 1.44. The fraction of sp³-hybridized carbons (Fsp3) is 0.200. The first-order valence-corrected chi connectivity index (χ1v) is 7.43. The fourth-order valence-corrected chi connectivity index (χ4v) is 3.29. The predicted octanol–water partition coefficient (Wildman–Crippen LogP) is 0.512. The summed E-state index contributed by atoms with van der Waals surface area (Å²) in [5, 5.41) is 9.52. The Morgan fingerprint density at radius 1 is 1.06 bits per heavy atom. The average molecular weight is 281 g/mol. The largest absolute Gasteiger partial charge is 1.00 e. The summed E-state index contributed by atoms with van der Waals surface area (Å²) >= 11 is 0. The van der Waals surface area contributed by atoms with Crippen molar-refractivity contribution in [2.75, 3.05) is 6.26 Å². The van der Waals surface area contributed by atoms with Crippen LogP contribution in [0, 0.1) is 6.92 Å². The van der Waals surface area contributed by atoms with Gasteiger partial charge in [0.15, 0.2) is 4.90 Å². The first-order chi connectivity index (χ1) is 8.16. The van der Waals surface area contributed by atoms with E-state index >= 15 is 0 Å². The lowest BCUT2D eigenvalue weighted by atomic mass is 10.2. The van der Waals surface area contributed by atoms with Gasteiger partial charge in [-0.3, -0.25) is 0 Å². The van der Waals surface area contributed by atoms with Crippen LogP contribution in [0.15, 0.2) is 53.4 Å². The van der Waals surface area contributed by atoms with Crippen molar-refractivity contribution in [2.24, 2.45) is 0 Å². The molecule has 0 aliphatic carbocycles. The number of hydrogen-bond acceptors (Lipinski definition) is 1.